The van der Waals surface area contributed by atoms with Crippen molar-refractivity contribution in [1.82, 2.24) is 0 Å². The summed E-state index contributed by atoms with van der Waals surface area (Å²) in [6.07, 6.45) is 4.78. The van der Waals surface area contributed by atoms with Gasteiger partial charge in [0.25, 0.3) is 0 Å². The molecular weight excluding hydrogens is 236 g/mol. The van der Waals surface area contributed by atoms with Crippen molar-refractivity contribution < 1.29 is 13.6 Å². The summed E-state index contributed by atoms with van der Waals surface area (Å²) in [5.74, 6) is -0.663. The number of carbonyl (C=O) groups excluding carboxylic acids is 1. The molecule has 2 fully saturated rings. The second kappa shape index (κ2) is 4.34. The van der Waals surface area contributed by atoms with Crippen LogP contribution in [-0.4, -0.2) is 18.9 Å². The number of halogens is 2. The van der Waals surface area contributed by atoms with Crippen LogP contribution in [0.5, 0.6) is 0 Å². The molecule has 0 aromatic heterocycles. The Morgan fingerprint density at radius 3 is 2.22 bits per heavy atom. The molecule has 1 aromatic carbocycles. The van der Waals surface area contributed by atoms with Crippen LogP contribution >= 0.6 is 0 Å². The highest BCUT2D eigenvalue weighted by atomic mass is 19.1. The Morgan fingerprint density at radius 2 is 1.78 bits per heavy atom. The number of carbonyl (C=O) groups is 1. The van der Waals surface area contributed by atoms with Gasteiger partial charge in [-0.2, -0.15) is 0 Å². The number of hydrogen-bond donors (Lipinski definition) is 0. The minimum absolute atomic E-state index is 0.0509. The molecule has 2 nitrogen and oxygen atoms in total. The van der Waals surface area contributed by atoms with Crippen LogP contribution in [0.3, 0.4) is 0 Å². The first kappa shape index (κ1) is 11.6. The number of rotatable bonds is 5. The smallest absolute Gasteiger partial charge is 0.150 e. The summed E-state index contributed by atoms with van der Waals surface area (Å²) in [6.45, 7) is 0.735. The molecule has 0 unspecified atom stereocenters. The molecule has 0 atom stereocenters. The Morgan fingerprint density at radius 1 is 1.17 bits per heavy atom. The molecule has 0 amide bonds. The zero-order chi connectivity index (χ0) is 12.7. The zero-order valence-electron chi connectivity index (χ0n) is 10.0. The topological polar surface area (TPSA) is 20.3 Å². The van der Waals surface area contributed by atoms with Gasteiger partial charge in [-0.3, -0.25) is 4.79 Å². The first-order valence-corrected chi connectivity index (χ1v) is 6.40. The molecule has 2 aliphatic rings. The van der Waals surface area contributed by atoms with Crippen molar-refractivity contribution in [2.24, 2.45) is 5.92 Å². The summed E-state index contributed by atoms with van der Waals surface area (Å²) < 4.78 is 27.9. The third-order valence-electron chi connectivity index (χ3n) is 3.60. The molecule has 0 saturated heterocycles. The van der Waals surface area contributed by atoms with E-state index in [0.29, 0.717) is 12.2 Å². The van der Waals surface area contributed by atoms with Crippen molar-refractivity contribution in [3.63, 3.8) is 0 Å². The van der Waals surface area contributed by atoms with E-state index in [4.69, 9.17) is 0 Å². The number of anilines is 1. The summed E-state index contributed by atoms with van der Waals surface area (Å²) in [6, 6.07) is 2.51. The summed E-state index contributed by atoms with van der Waals surface area (Å²) in [5.41, 5.74) is 0.103. The van der Waals surface area contributed by atoms with E-state index < -0.39 is 11.6 Å². The summed E-state index contributed by atoms with van der Waals surface area (Å²) in [5, 5.41) is 0. The molecule has 0 radical (unpaired) electrons. The first-order chi connectivity index (χ1) is 8.69. The number of aldehydes is 1. The van der Waals surface area contributed by atoms with E-state index >= 15 is 0 Å². The summed E-state index contributed by atoms with van der Waals surface area (Å²) in [7, 11) is 0. The molecule has 2 saturated carbocycles. The monoisotopic (exact) mass is 251 g/mol. The largest absolute Gasteiger partial charge is 0.364 e. The SMILES string of the molecule is O=Cc1cc(F)c(N(CC2CC2)C2CC2)c(F)c1. The molecule has 0 aliphatic heterocycles. The van der Waals surface area contributed by atoms with Gasteiger partial charge in [0.2, 0.25) is 0 Å². The van der Waals surface area contributed by atoms with Crippen LogP contribution in [-0.2, 0) is 0 Å². The molecule has 0 N–H and O–H groups in total. The minimum Gasteiger partial charge on any atom is -0.364 e. The fourth-order valence-corrected chi connectivity index (χ4v) is 2.32. The Hall–Kier alpha value is -1.45. The molecule has 1 aromatic rings. The van der Waals surface area contributed by atoms with Gasteiger partial charge in [-0.05, 0) is 43.7 Å². The minimum atomic E-state index is -0.621. The highest BCUT2D eigenvalue weighted by molar-refractivity contribution is 5.76. The lowest BCUT2D eigenvalue weighted by molar-refractivity contribution is 0.112. The lowest BCUT2D eigenvalue weighted by Gasteiger charge is -2.25. The van der Waals surface area contributed by atoms with E-state index in [-0.39, 0.29) is 17.3 Å². The van der Waals surface area contributed by atoms with Gasteiger partial charge in [-0.1, -0.05) is 0 Å². The van der Waals surface area contributed by atoms with Crippen LogP contribution in [0, 0.1) is 17.6 Å². The lowest BCUT2D eigenvalue weighted by Crippen LogP contribution is -2.30. The maximum absolute atomic E-state index is 14.0. The average molecular weight is 251 g/mol. The van der Waals surface area contributed by atoms with E-state index in [2.05, 4.69) is 0 Å². The van der Waals surface area contributed by atoms with Crippen LogP contribution in [0.4, 0.5) is 14.5 Å². The zero-order valence-corrected chi connectivity index (χ0v) is 10.0. The Balaban J connectivity index is 1.94. The van der Waals surface area contributed by atoms with Gasteiger partial charge in [0, 0.05) is 18.2 Å². The van der Waals surface area contributed by atoms with E-state index in [1.54, 1.807) is 0 Å². The molecular formula is C14H15F2NO. The van der Waals surface area contributed by atoms with Crippen molar-refractivity contribution >= 4 is 12.0 Å². The van der Waals surface area contributed by atoms with Gasteiger partial charge < -0.3 is 4.90 Å². The predicted octanol–water partition coefficient (Wildman–Crippen LogP) is 3.16. The predicted molar refractivity (Wildman–Crippen MR) is 64.8 cm³/mol. The van der Waals surface area contributed by atoms with Crippen molar-refractivity contribution in [2.45, 2.75) is 31.7 Å². The summed E-state index contributed by atoms with van der Waals surface area (Å²) >= 11 is 0. The first-order valence-electron chi connectivity index (χ1n) is 6.40. The number of hydrogen-bond acceptors (Lipinski definition) is 2. The lowest BCUT2D eigenvalue weighted by atomic mass is 10.1. The van der Waals surface area contributed by atoms with Gasteiger partial charge in [0.1, 0.15) is 23.6 Å². The van der Waals surface area contributed by atoms with E-state index in [1.165, 1.54) is 0 Å². The highest BCUT2D eigenvalue weighted by Gasteiger charge is 2.36. The van der Waals surface area contributed by atoms with Gasteiger partial charge >= 0.3 is 0 Å². The van der Waals surface area contributed by atoms with Crippen LogP contribution in [0.1, 0.15) is 36.0 Å². The maximum Gasteiger partial charge on any atom is 0.150 e. The van der Waals surface area contributed by atoms with E-state index in [9.17, 15) is 13.6 Å². The molecule has 2 aliphatic carbocycles. The van der Waals surface area contributed by atoms with Crippen molar-refractivity contribution in [3.8, 4) is 0 Å². The molecule has 3 rings (SSSR count). The van der Waals surface area contributed by atoms with Crippen LogP contribution in [0.15, 0.2) is 12.1 Å². The quantitative estimate of drug-likeness (QED) is 0.749. The van der Waals surface area contributed by atoms with Gasteiger partial charge in [-0.25, -0.2) is 8.78 Å². The standard InChI is InChI=1S/C14H15F2NO/c15-12-5-10(8-18)6-13(16)14(12)17(11-3-4-11)7-9-1-2-9/h5-6,8-9,11H,1-4,7H2. The Kier molecular flexibility index (Phi) is 2.80. The average Bonchev–Trinajstić information content (AvgIpc) is 3.19. The molecule has 18 heavy (non-hydrogen) atoms. The van der Waals surface area contributed by atoms with E-state index in [1.807, 2.05) is 4.90 Å². The van der Waals surface area contributed by atoms with Crippen LogP contribution in [0.25, 0.3) is 0 Å². The van der Waals surface area contributed by atoms with E-state index in [0.717, 1.165) is 44.4 Å². The van der Waals surface area contributed by atoms with Crippen molar-refractivity contribution in [2.75, 3.05) is 11.4 Å². The summed E-state index contributed by atoms with van der Waals surface area (Å²) in [4.78, 5) is 12.4. The second-order valence-corrected chi connectivity index (χ2v) is 5.28. The molecule has 0 heterocycles. The third-order valence-corrected chi connectivity index (χ3v) is 3.60. The fraction of sp³-hybridized carbons (Fsp3) is 0.500. The maximum atomic E-state index is 14.0. The molecule has 4 heteroatoms. The number of benzene rings is 1. The van der Waals surface area contributed by atoms with Crippen LogP contribution in [0.2, 0.25) is 0 Å². The molecule has 0 bridgehead atoms. The second-order valence-electron chi connectivity index (χ2n) is 5.28. The molecule has 0 spiro atoms. The molecule has 96 valence electrons. The highest BCUT2D eigenvalue weighted by Crippen LogP contribution is 2.39. The van der Waals surface area contributed by atoms with Crippen LogP contribution < -0.4 is 4.90 Å². The van der Waals surface area contributed by atoms with Gasteiger partial charge in [0.05, 0.1) is 0 Å². The Bertz CT molecular complexity index is 458. The van der Waals surface area contributed by atoms with Crippen molar-refractivity contribution in [3.05, 3.63) is 29.3 Å². The van der Waals surface area contributed by atoms with Crippen molar-refractivity contribution in [1.29, 1.82) is 0 Å². The number of nitrogens with zero attached hydrogens (tertiary/aromatic N) is 1. The third kappa shape index (κ3) is 2.24. The van der Waals surface area contributed by atoms with Gasteiger partial charge in [-0.15, -0.1) is 0 Å². The normalized spacial score (nSPS) is 18.8. The van der Waals surface area contributed by atoms with Gasteiger partial charge in [0.15, 0.2) is 0 Å². The Labute approximate surface area is 105 Å². The fourth-order valence-electron chi connectivity index (χ4n) is 2.32.